The van der Waals surface area contributed by atoms with Crippen LogP contribution in [0, 0.1) is 5.82 Å². The third-order valence-electron chi connectivity index (χ3n) is 4.22. The van der Waals surface area contributed by atoms with Crippen molar-refractivity contribution < 1.29 is 9.13 Å². The Hall–Kier alpha value is -3.32. The molecule has 3 aromatic carbocycles. The number of hydrogen-bond donors (Lipinski definition) is 0. The van der Waals surface area contributed by atoms with Crippen LogP contribution in [0.4, 0.5) is 4.39 Å². The van der Waals surface area contributed by atoms with Crippen molar-refractivity contribution in [2.24, 2.45) is 0 Å². The summed E-state index contributed by atoms with van der Waals surface area (Å²) in [5.74, 6) is 1.08. The van der Waals surface area contributed by atoms with Crippen molar-refractivity contribution in [1.29, 1.82) is 0 Å². The van der Waals surface area contributed by atoms with Crippen molar-refractivity contribution in [3.63, 3.8) is 0 Å². The Bertz CT molecular complexity index is 1250. The first-order valence-corrected chi connectivity index (χ1v) is 9.16. The van der Waals surface area contributed by atoms with E-state index in [-0.39, 0.29) is 5.82 Å². The molecular formula is C20H13FN4OS. The van der Waals surface area contributed by atoms with Gasteiger partial charge < -0.3 is 4.74 Å². The lowest BCUT2D eigenvalue weighted by Gasteiger charge is -2.05. The largest absolute Gasteiger partial charge is 0.486 e. The molecule has 0 bridgehead atoms. The zero-order valence-electron chi connectivity index (χ0n) is 14.0. The molecule has 132 valence electrons. The van der Waals surface area contributed by atoms with Crippen LogP contribution in [0.3, 0.4) is 0 Å². The van der Waals surface area contributed by atoms with Crippen LogP contribution in [0.2, 0.25) is 0 Å². The first-order valence-electron chi connectivity index (χ1n) is 8.35. The van der Waals surface area contributed by atoms with E-state index in [9.17, 15) is 4.39 Å². The van der Waals surface area contributed by atoms with Crippen LogP contribution in [0.15, 0.2) is 66.7 Å². The van der Waals surface area contributed by atoms with E-state index in [1.165, 1.54) is 28.9 Å². The van der Waals surface area contributed by atoms with Crippen LogP contribution in [0.1, 0.15) is 5.01 Å². The quantitative estimate of drug-likeness (QED) is 0.455. The standard InChI is InChI=1S/C20H13FN4OS/c21-16-8-5-14(6-9-16)19-22-23-20-25(19)24-18(27-20)12-26-17-10-7-13-3-1-2-4-15(13)11-17/h1-11H,12H2. The fraction of sp³-hybridized carbons (Fsp3) is 0.0500. The van der Waals surface area contributed by atoms with Gasteiger partial charge in [-0.3, -0.25) is 0 Å². The van der Waals surface area contributed by atoms with Crippen LogP contribution in [-0.4, -0.2) is 19.8 Å². The number of ether oxygens (including phenoxy) is 1. The van der Waals surface area contributed by atoms with Crippen LogP contribution in [0.5, 0.6) is 5.75 Å². The molecule has 0 aliphatic carbocycles. The van der Waals surface area contributed by atoms with E-state index in [4.69, 9.17) is 4.74 Å². The van der Waals surface area contributed by atoms with E-state index in [2.05, 4.69) is 27.4 Å². The van der Waals surface area contributed by atoms with Gasteiger partial charge in [0.25, 0.3) is 0 Å². The highest BCUT2D eigenvalue weighted by molar-refractivity contribution is 7.16. The average Bonchev–Trinajstić information content (AvgIpc) is 3.27. The lowest BCUT2D eigenvalue weighted by atomic mass is 10.1. The van der Waals surface area contributed by atoms with Gasteiger partial charge in [0.15, 0.2) is 10.8 Å². The molecule has 2 aromatic heterocycles. The van der Waals surface area contributed by atoms with Gasteiger partial charge in [-0.25, -0.2) is 4.39 Å². The van der Waals surface area contributed by atoms with Crippen molar-refractivity contribution >= 4 is 27.1 Å². The molecule has 0 spiro atoms. The lowest BCUT2D eigenvalue weighted by Crippen LogP contribution is -1.97. The monoisotopic (exact) mass is 376 g/mol. The maximum atomic E-state index is 13.1. The number of nitrogens with zero attached hydrogens (tertiary/aromatic N) is 4. The molecule has 0 aliphatic heterocycles. The second-order valence-corrected chi connectivity index (χ2v) is 7.06. The van der Waals surface area contributed by atoms with Crippen molar-refractivity contribution in [3.8, 4) is 17.1 Å². The summed E-state index contributed by atoms with van der Waals surface area (Å²) in [7, 11) is 0. The summed E-state index contributed by atoms with van der Waals surface area (Å²) in [5.41, 5.74) is 0.760. The Morgan fingerprint density at radius 1 is 0.926 bits per heavy atom. The van der Waals surface area contributed by atoms with Gasteiger partial charge >= 0.3 is 0 Å². The minimum atomic E-state index is -0.290. The van der Waals surface area contributed by atoms with E-state index < -0.39 is 0 Å². The summed E-state index contributed by atoms with van der Waals surface area (Å²) >= 11 is 1.42. The number of hydrogen-bond acceptors (Lipinski definition) is 5. The Balaban J connectivity index is 1.39. The molecule has 0 saturated carbocycles. The number of halogens is 1. The Morgan fingerprint density at radius 3 is 2.59 bits per heavy atom. The average molecular weight is 376 g/mol. The van der Waals surface area contributed by atoms with E-state index in [0.29, 0.717) is 17.4 Å². The molecule has 5 rings (SSSR count). The zero-order valence-corrected chi connectivity index (χ0v) is 14.9. The van der Waals surface area contributed by atoms with Gasteiger partial charge in [-0.2, -0.15) is 9.61 Å². The van der Waals surface area contributed by atoms with Gasteiger partial charge in [0.1, 0.15) is 18.2 Å². The van der Waals surface area contributed by atoms with Crippen molar-refractivity contribution in [2.45, 2.75) is 6.61 Å². The summed E-state index contributed by atoms with van der Waals surface area (Å²) in [5, 5.41) is 15.9. The molecule has 0 saturated heterocycles. The Morgan fingerprint density at radius 2 is 1.74 bits per heavy atom. The number of fused-ring (bicyclic) bond motifs is 2. The van der Waals surface area contributed by atoms with Gasteiger partial charge in [-0.15, -0.1) is 10.2 Å². The third-order valence-corrected chi connectivity index (χ3v) is 5.09. The molecule has 0 unspecified atom stereocenters. The van der Waals surface area contributed by atoms with E-state index in [1.54, 1.807) is 16.6 Å². The van der Waals surface area contributed by atoms with Crippen LogP contribution < -0.4 is 4.74 Å². The van der Waals surface area contributed by atoms with Gasteiger partial charge in [0.05, 0.1) is 0 Å². The third kappa shape index (κ3) is 3.02. The van der Waals surface area contributed by atoms with Gasteiger partial charge in [-0.05, 0) is 47.2 Å². The minimum Gasteiger partial charge on any atom is -0.486 e. The van der Waals surface area contributed by atoms with Gasteiger partial charge in [0.2, 0.25) is 4.96 Å². The first-order chi connectivity index (χ1) is 13.3. The second-order valence-electron chi connectivity index (χ2n) is 6.02. The fourth-order valence-electron chi connectivity index (χ4n) is 2.90. The van der Waals surface area contributed by atoms with E-state index in [1.807, 2.05) is 30.3 Å². The number of benzene rings is 3. The molecule has 0 fully saturated rings. The van der Waals surface area contributed by atoms with Crippen LogP contribution in [0.25, 0.3) is 27.1 Å². The van der Waals surface area contributed by atoms with Gasteiger partial charge in [-0.1, -0.05) is 41.7 Å². The molecule has 7 heteroatoms. The number of aromatic nitrogens is 4. The molecule has 0 radical (unpaired) electrons. The normalized spacial score (nSPS) is 11.3. The zero-order chi connectivity index (χ0) is 18.2. The molecular weight excluding hydrogens is 363 g/mol. The van der Waals surface area contributed by atoms with E-state index in [0.717, 1.165) is 21.7 Å². The summed E-state index contributed by atoms with van der Waals surface area (Å²) in [6.07, 6.45) is 0. The second kappa shape index (κ2) is 6.44. The lowest BCUT2D eigenvalue weighted by molar-refractivity contribution is 0.304. The fourth-order valence-corrected chi connectivity index (χ4v) is 3.64. The predicted octanol–water partition coefficient (Wildman–Crippen LogP) is 4.72. The molecule has 5 aromatic rings. The van der Waals surface area contributed by atoms with Crippen LogP contribution in [-0.2, 0) is 6.61 Å². The highest BCUT2D eigenvalue weighted by Crippen LogP contribution is 2.24. The molecule has 0 amide bonds. The SMILES string of the molecule is Fc1ccc(-c2nnc3sc(COc4ccc5ccccc5c4)nn23)cc1. The topological polar surface area (TPSA) is 52.3 Å². The summed E-state index contributed by atoms with van der Waals surface area (Å²) in [6.45, 7) is 0.342. The molecule has 0 N–H and O–H groups in total. The van der Waals surface area contributed by atoms with Crippen molar-refractivity contribution in [3.05, 3.63) is 77.6 Å². The first kappa shape index (κ1) is 15.9. The summed E-state index contributed by atoms with van der Waals surface area (Å²) in [4.78, 5) is 0.673. The highest BCUT2D eigenvalue weighted by Gasteiger charge is 2.14. The summed E-state index contributed by atoms with van der Waals surface area (Å²) in [6, 6.07) is 20.3. The molecule has 27 heavy (non-hydrogen) atoms. The smallest absolute Gasteiger partial charge is 0.235 e. The highest BCUT2D eigenvalue weighted by atomic mass is 32.1. The maximum Gasteiger partial charge on any atom is 0.235 e. The van der Waals surface area contributed by atoms with Crippen LogP contribution >= 0.6 is 11.3 Å². The van der Waals surface area contributed by atoms with Crippen molar-refractivity contribution in [1.82, 2.24) is 19.8 Å². The Labute approximate surface area is 157 Å². The van der Waals surface area contributed by atoms with Crippen molar-refractivity contribution in [2.75, 3.05) is 0 Å². The molecule has 0 atom stereocenters. The number of rotatable bonds is 4. The maximum absolute atomic E-state index is 13.1. The minimum absolute atomic E-state index is 0.290. The molecule has 0 aliphatic rings. The van der Waals surface area contributed by atoms with E-state index >= 15 is 0 Å². The van der Waals surface area contributed by atoms with Gasteiger partial charge in [0, 0.05) is 5.56 Å². The molecule has 2 heterocycles. The Kier molecular flexibility index (Phi) is 3.79. The summed E-state index contributed by atoms with van der Waals surface area (Å²) < 4.78 is 20.7. The molecule has 5 nitrogen and oxygen atoms in total. The predicted molar refractivity (Wildman–Crippen MR) is 102 cm³/mol.